The Morgan fingerprint density at radius 2 is 1.89 bits per heavy atom. The average Bonchev–Trinajstić information content (AvgIpc) is 2.34. The zero-order valence-electron chi connectivity index (χ0n) is 10.2. The van der Waals surface area contributed by atoms with E-state index in [1.54, 1.807) is 43.6 Å². The van der Waals surface area contributed by atoms with E-state index in [0.717, 1.165) is 0 Å². The van der Waals surface area contributed by atoms with E-state index in [1.165, 1.54) is 10.6 Å². The van der Waals surface area contributed by atoms with Crippen LogP contribution in [0.15, 0.2) is 47.4 Å². The molecule has 1 heterocycles. The molecule has 0 aliphatic rings. The zero-order valence-corrected chi connectivity index (χ0v) is 10.9. The minimum atomic E-state index is -0.402. The summed E-state index contributed by atoms with van der Waals surface area (Å²) in [4.78, 5) is 22.9. The number of pyridine rings is 1. The molecule has 1 aromatic heterocycles. The van der Waals surface area contributed by atoms with E-state index in [0.29, 0.717) is 16.4 Å². The van der Waals surface area contributed by atoms with Gasteiger partial charge < -0.3 is 15.2 Å². The van der Waals surface area contributed by atoms with Gasteiger partial charge >= 0.3 is 6.03 Å². The minimum Gasteiger partial charge on any atom is -0.317 e. The second-order valence-electron chi connectivity index (χ2n) is 3.96. The van der Waals surface area contributed by atoms with Crippen molar-refractivity contribution in [3.63, 3.8) is 0 Å². The van der Waals surface area contributed by atoms with Gasteiger partial charge in [-0.2, -0.15) is 0 Å². The van der Waals surface area contributed by atoms with Gasteiger partial charge in [-0.3, -0.25) is 4.79 Å². The molecule has 98 valence electrons. The number of nitrogens with one attached hydrogen (secondary N) is 2. The number of nitrogens with zero attached hydrogens (tertiary/aromatic N) is 1. The van der Waals surface area contributed by atoms with Crippen LogP contribution in [0.25, 0.3) is 0 Å². The Kier molecular flexibility index (Phi) is 3.87. The van der Waals surface area contributed by atoms with Gasteiger partial charge in [0.05, 0.1) is 5.69 Å². The number of aromatic nitrogens is 1. The molecular formula is C13H12ClN3O2. The van der Waals surface area contributed by atoms with Gasteiger partial charge in [-0.25, -0.2) is 4.79 Å². The molecule has 1 aromatic carbocycles. The number of rotatable bonds is 2. The standard InChI is InChI=1S/C13H12ClN3O2/c1-17-8-11(5-6-12(17)18)16-13(19)15-10-4-2-3-9(14)7-10/h2-8H,1H3,(H2,15,16,19). The molecule has 2 rings (SSSR count). The van der Waals surface area contributed by atoms with Gasteiger partial charge in [0.2, 0.25) is 5.56 Å². The monoisotopic (exact) mass is 277 g/mol. The molecule has 19 heavy (non-hydrogen) atoms. The lowest BCUT2D eigenvalue weighted by atomic mass is 10.3. The predicted molar refractivity (Wildman–Crippen MR) is 75.8 cm³/mol. The van der Waals surface area contributed by atoms with E-state index in [-0.39, 0.29) is 5.56 Å². The lowest BCUT2D eigenvalue weighted by Crippen LogP contribution is -2.21. The van der Waals surface area contributed by atoms with Crippen LogP contribution in [-0.2, 0) is 7.05 Å². The van der Waals surface area contributed by atoms with Crippen molar-refractivity contribution < 1.29 is 4.79 Å². The summed E-state index contributed by atoms with van der Waals surface area (Å²) in [5.41, 5.74) is 0.984. The summed E-state index contributed by atoms with van der Waals surface area (Å²) in [5.74, 6) is 0. The van der Waals surface area contributed by atoms with Crippen LogP contribution < -0.4 is 16.2 Å². The van der Waals surface area contributed by atoms with Gasteiger partial charge in [0.25, 0.3) is 0 Å². The van der Waals surface area contributed by atoms with Crippen molar-refractivity contribution in [1.82, 2.24) is 4.57 Å². The normalized spacial score (nSPS) is 10.0. The number of amides is 2. The lowest BCUT2D eigenvalue weighted by molar-refractivity contribution is 0.262. The van der Waals surface area contributed by atoms with E-state index in [9.17, 15) is 9.59 Å². The number of anilines is 2. The summed E-state index contributed by atoms with van der Waals surface area (Å²) in [5, 5.41) is 5.81. The third kappa shape index (κ3) is 3.59. The molecule has 2 amide bonds. The SMILES string of the molecule is Cn1cc(NC(=O)Nc2cccc(Cl)c2)ccc1=O. The Labute approximate surface area is 114 Å². The Hall–Kier alpha value is -2.27. The number of benzene rings is 1. The van der Waals surface area contributed by atoms with Crippen molar-refractivity contribution in [1.29, 1.82) is 0 Å². The molecule has 0 spiro atoms. The van der Waals surface area contributed by atoms with E-state index >= 15 is 0 Å². The first-order chi connectivity index (χ1) is 9.04. The second kappa shape index (κ2) is 5.58. The van der Waals surface area contributed by atoms with E-state index in [1.807, 2.05) is 0 Å². The predicted octanol–water partition coefficient (Wildman–Crippen LogP) is 2.68. The number of hydrogen-bond donors (Lipinski definition) is 2. The summed E-state index contributed by atoms with van der Waals surface area (Å²) in [7, 11) is 1.61. The van der Waals surface area contributed by atoms with Gasteiger partial charge in [-0.15, -0.1) is 0 Å². The summed E-state index contributed by atoms with van der Waals surface area (Å²) < 4.78 is 1.38. The van der Waals surface area contributed by atoms with Crippen LogP contribution in [0.1, 0.15) is 0 Å². The topological polar surface area (TPSA) is 63.1 Å². The molecule has 0 radical (unpaired) electrons. The third-order valence-corrected chi connectivity index (χ3v) is 2.66. The molecule has 0 atom stereocenters. The fourth-order valence-corrected chi connectivity index (χ4v) is 1.72. The van der Waals surface area contributed by atoms with Crippen LogP contribution in [0.5, 0.6) is 0 Å². The summed E-state index contributed by atoms with van der Waals surface area (Å²) >= 11 is 5.82. The number of carbonyl (C=O) groups excluding carboxylic acids is 1. The van der Waals surface area contributed by atoms with E-state index in [2.05, 4.69) is 10.6 Å². The van der Waals surface area contributed by atoms with Crippen LogP contribution in [0.2, 0.25) is 5.02 Å². The van der Waals surface area contributed by atoms with Gasteiger partial charge in [-0.1, -0.05) is 17.7 Å². The van der Waals surface area contributed by atoms with Crippen molar-refractivity contribution in [3.05, 3.63) is 58.0 Å². The van der Waals surface area contributed by atoms with Gasteiger partial charge in [0.1, 0.15) is 0 Å². The highest BCUT2D eigenvalue weighted by atomic mass is 35.5. The Bertz CT molecular complexity index is 667. The summed E-state index contributed by atoms with van der Waals surface area (Å²) in [6.07, 6.45) is 1.54. The van der Waals surface area contributed by atoms with Crippen LogP contribution in [-0.4, -0.2) is 10.6 Å². The van der Waals surface area contributed by atoms with Crippen molar-refractivity contribution in [3.8, 4) is 0 Å². The molecule has 0 saturated carbocycles. The van der Waals surface area contributed by atoms with Crippen LogP contribution in [0.3, 0.4) is 0 Å². The Morgan fingerprint density at radius 3 is 2.58 bits per heavy atom. The molecule has 0 saturated heterocycles. The highest BCUT2D eigenvalue weighted by Gasteiger charge is 2.03. The van der Waals surface area contributed by atoms with Gasteiger partial charge in [0.15, 0.2) is 0 Å². The fourth-order valence-electron chi connectivity index (χ4n) is 1.53. The fraction of sp³-hybridized carbons (Fsp3) is 0.0769. The Morgan fingerprint density at radius 1 is 1.16 bits per heavy atom. The first-order valence-corrected chi connectivity index (χ1v) is 5.92. The van der Waals surface area contributed by atoms with Crippen molar-refractivity contribution in [2.75, 3.05) is 10.6 Å². The van der Waals surface area contributed by atoms with E-state index < -0.39 is 6.03 Å². The number of hydrogen-bond acceptors (Lipinski definition) is 2. The number of urea groups is 1. The molecule has 0 fully saturated rings. The van der Waals surface area contributed by atoms with Crippen LogP contribution in [0, 0.1) is 0 Å². The first-order valence-electron chi connectivity index (χ1n) is 5.55. The Balaban J connectivity index is 2.05. The quantitative estimate of drug-likeness (QED) is 0.886. The molecule has 0 bridgehead atoms. The highest BCUT2D eigenvalue weighted by molar-refractivity contribution is 6.30. The van der Waals surface area contributed by atoms with E-state index in [4.69, 9.17) is 11.6 Å². The summed E-state index contributed by atoms with van der Waals surface area (Å²) in [6, 6.07) is 9.35. The first kappa shape index (κ1) is 13.2. The van der Waals surface area contributed by atoms with Crippen molar-refractivity contribution in [2.24, 2.45) is 7.05 Å². The molecule has 5 nitrogen and oxygen atoms in total. The van der Waals surface area contributed by atoms with Gasteiger partial charge in [0, 0.05) is 30.0 Å². The molecule has 0 unspecified atom stereocenters. The third-order valence-electron chi connectivity index (χ3n) is 2.43. The summed E-state index contributed by atoms with van der Waals surface area (Å²) in [6.45, 7) is 0. The minimum absolute atomic E-state index is 0.138. The van der Waals surface area contributed by atoms with Crippen LogP contribution in [0.4, 0.5) is 16.2 Å². The maximum Gasteiger partial charge on any atom is 0.323 e. The second-order valence-corrected chi connectivity index (χ2v) is 4.39. The number of aryl methyl sites for hydroxylation is 1. The number of carbonyl (C=O) groups is 1. The smallest absolute Gasteiger partial charge is 0.317 e. The number of halogens is 1. The largest absolute Gasteiger partial charge is 0.323 e. The molecule has 0 aliphatic carbocycles. The molecule has 2 aromatic rings. The van der Waals surface area contributed by atoms with Crippen molar-refractivity contribution in [2.45, 2.75) is 0 Å². The van der Waals surface area contributed by atoms with Crippen molar-refractivity contribution >= 4 is 29.0 Å². The highest BCUT2D eigenvalue weighted by Crippen LogP contribution is 2.15. The molecule has 0 aliphatic heterocycles. The zero-order chi connectivity index (χ0) is 13.8. The van der Waals surface area contributed by atoms with Crippen LogP contribution >= 0.6 is 11.6 Å². The lowest BCUT2D eigenvalue weighted by Gasteiger charge is -2.08. The van der Waals surface area contributed by atoms with Gasteiger partial charge in [-0.05, 0) is 24.3 Å². The molecule has 6 heteroatoms. The molecular weight excluding hydrogens is 266 g/mol. The molecule has 2 N–H and O–H groups in total. The average molecular weight is 278 g/mol. The maximum atomic E-state index is 11.7. The maximum absolute atomic E-state index is 11.7.